The molecule has 132 valence electrons. The first-order chi connectivity index (χ1) is 12.3. The van der Waals surface area contributed by atoms with Crippen molar-refractivity contribution >= 4 is 5.91 Å². The predicted molar refractivity (Wildman–Crippen MR) is 95.2 cm³/mol. The third-order valence-electron chi connectivity index (χ3n) is 4.00. The van der Waals surface area contributed by atoms with Crippen LogP contribution in [0.15, 0.2) is 54.6 Å². The number of amides is 1. The second kappa shape index (κ2) is 9.08. The van der Waals surface area contributed by atoms with Crippen LogP contribution in [0.5, 0.6) is 11.5 Å². The van der Waals surface area contributed by atoms with Crippen LogP contribution in [-0.4, -0.2) is 38.4 Å². The first kappa shape index (κ1) is 17.3. The molecule has 1 saturated heterocycles. The number of benzene rings is 2. The summed E-state index contributed by atoms with van der Waals surface area (Å²) in [7, 11) is 0. The van der Waals surface area contributed by atoms with Crippen molar-refractivity contribution in [2.45, 2.75) is 18.9 Å². The van der Waals surface area contributed by atoms with Crippen molar-refractivity contribution in [3.63, 3.8) is 0 Å². The molecule has 0 unspecified atom stereocenters. The van der Waals surface area contributed by atoms with E-state index < -0.39 is 0 Å². The van der Waals surface area contributed by atoms with Crippen molar-refractivity contribution in [2.24, 2.45) is 0 Å². The van der Waals surface area contributed by atoms with Crippen molar-refractivity contribution in [2.75, 3.05) is 26.4 Å². The maximum absolute atomic E-state index is 12.4. The molecule has 1 atom stereocenters. The van der Waals surface area contributed by atoms with E-state index in [0.717, 1.165) is 25.2 Å². The van der Waals surface area contributed by atoms with Gasteiger partial charge < -0.3 is 19.5 Å². The van der Waals surface area contributed by atoms with Crippen LogP contribution < -0.4 is 14.8 Å². The smallest absolute Gasteiger partial charge is 0.255 e. The van der Waals surface area contributed by atoms with E-state index in [4.69, 9.17) is 14.2 Å². The van der Waals surface area contributed by atoms with Gasteiger partial charge in [0.1, 0.15) is 24.7 Å². The lowest BCUT2D eigenvalue weighted by Crippen LogP contribution is -2.32. The minimum atomic E-state index is -0.143. The molecule has 25 heavy (non-hydrogen) atoms. The van der Waals surface area contributed by atoms with E-state index in [-0.39, 0.29) is 12.0 Å². The molecular formula is C20H23NO4. The van der Waals surface area contributed by atoms with E-state index in [2.05, 4.69) is 5.32 Å². The maximum Gasteiger partial charge on any atom is 0.255 e. The number of para-hydroxylation sites is 2. The van der Waals surface area contributed by atoms with Gasteiger partial charge in [-0.1, -0.05) is 30.3 Å². The van der Waals surface area contributed by atoms with Crippen LogP contribution >= 0.6 is 0 Å². The highest BCUT2D eigenvalue weighted by Gasteiger charge is 2.18. The largest absolute Gasteiger partial charge is 0.490 e. The molecule has 3 rings (SSSR count). The highest BCUT2D eigenvalue weighted by molar-refractivity contribution is 5.96. The van der Waals surface area contributed by atoms with E-state index in [1.807, 2.05) is 42.5 Å². The van der Waals surface area contributed by atoms with Gasteiger partial charge in [-0.05, 0) is 37.1 Å². The van der Waals surface area contributed by atoms with Gasteiger partial charge in [0.2, 0.25) is 0 Å². The second-order valence-electron chi connectivity index (χ2n) is 5.85. The fourth-order valence-electron chi connectivity index (χ4n) is 2.72. The normalized spacial score (nSPS) is 16.4. The molecule has 1 aliphatic rings. The van der Waals surface area contributed by atoms with Crippen molar-refractivity contribution in [1.29, 1.82) is 0 Å². The molecule has 0 aliphatic carbocycles. The van der Waals surface area contributed by atoms with Crippen LogP contribution in [0.3, 0.4) is 0 Å². The van der Waals surface area contributed by atoms with Crippen molar-refractivity contribution in [3.8, 4) is 11.5 Å². The molecule has 1 N–H and O–H groups in total. The quantitative estimate of drug-likeness (QED) is 0.750. The first-order valence-corrected chi connectivity index (χ1v) is 8.62. The number of carbonyl (C=O) groups excluding carboxylic acids is 1. The van der Waals surface area contributed by atoms with Gasteiger partial charge in [-0.3, -0.25) is 4.79 Å². The van der Waals surface area contributed by atoms with Crippen molar-refractivity contribution < 1.29 is 19.0 Å². The van der Waals surface area contributed by atoms with Crippen LogP contribution in [0.1, 0.15) is 23.2 Å². The molecular weight excluding hydrogens is 318 g/mol. The van der Waals surface area contributed by atoms with Gasteiger partial charge >= 0.3 is 0 Å². The Kier molecular flexibility index (Phi) is 6.29. The zero-order valence-electron chi connectivity index (χ0n) is 14.1. The van der Waals surface area contributed by atoms with Crippen LogP contribution in [-0.2, 0) is 4.74 Å². The summed E-state index contributed by atoms with van der Waals surface area (Å²) in [5, 5.41) is 2.92. The van der Waals surface area contributed by atoms with Crippen LogP contribution in [0.2, 0.25) is 0 Å². The van der Waals surface area contributed by atoms with Crippen molar-refractivity contribution in [3.05, 3.63) is 60.2 Å². The number of ether oxygens (including phenoxy) is 3. The Morgan fingerprint density at radius 3 is 2.60 bits per heavy atom. The highest BCUT2D eigenvalue weighted by atomic mass is 16.5. The summed E-state index contributed by atoms with van der Waals surface area (Å²) in [6.45, 7) is 2.09. The summed E-state index contributed by atoms with van der Waals surface area (Å²) < 4.78 is 16.9. The average molecular weight is 341 g/mol. The molecule has 0 radical (unpaired) electrons. The Morgan fingerprint density at radius 2 is 1.80 bits per heavy atom. The summed E-state index contributed by atoms with van der Waals surface area (Å²) >= 11 is 0. The Hall–Kier alpha value is -2.53. The SMILES string of the molecule is O=C(NC[C@H]1CCCO1)c1ccccc1OCCOc1ccccc1. The lowest BCUT2D eigenvalue weighted by molar-refractivity contribution is 0.0853. The molecule has 0 spiro atoms. The number of hydrogen-bond acceptors (Lipinski definition) is 4. The average Bonchev–Trinajstić information content (AvgIpc) is 3.18. The highest BCUT2D eigenvalue weighted by Crippen LogP contribution is 2.18. The molecule has 5 nitrogen and oxygen atoms in total. The first-order valence-electron chi connectivity index (χ1n) is 8.62. The summed E-state index contributed by atoms with van der Waals surface area (Å²) in [4.78, 5) is 12.4. The summed E-state index contributed by atoms with van der Waals surface area (Å²) in [5.74, 6) is 1.22. The van der Waals surface area contributed by atoms with E-state index in [9.17, 15) is 4.79 Å². The standard InChI is InChI=1S/C20H23NO4/c22-20(21-15-17-9-6-12-23-17)18-10-4-5-11-19(18)25-14-13-24-16-7-2-1-3-8-16/h1-5,7-8,10-11,17H,6,9,12-15H2,(H,21,22)/t17-/m1/s1. The molecule has 0 saturated carbocycles. The van der Waals surface area contributed by atoms with Crippen LogP contribution in [0, 0.1) is 0 Å². The van der Waals surface area contributed by atoms with E-state index in [0.29, 0.717) is 31.1 Å². The Morgan fingerprint density at radius 1 is 1.04 bits per heavy atom. The maximum atomic E-state index is 12.4. The molecule has 0 bridgehead atoms. The fraction of sp³-hybridized carbons (Fsp3) is 0.350. The lowest BCUT2D eigenvalue weighted by Gasteiger charge is -2.14. The zero-order chi connectivity index (χ0) is 17.3. The van der Waals surface area contributed by atoms with E-state index in [1.165, 1.54) is 0 Å². The number of hydrogen-bond donors (Lipinski definition) is 1. The van der Waals surface area contributed by atoms with Gasteiger partial charge in [-0.15, -0.1) is 0 Å². The van der Waals surface area contributed by atoms with Crippen molar-refractivity contribution in [1.82, 2.24) is 5.32 Å². The van der Waals surface area contributed by atoms with Gasteiger partial charge in [0.15, 0.2) is 0 Å². The fourth-order valence-corrected chi connectivity index (χ4v) is 2.72. The molecule has 1 amide bonds. The molecule has 1 aliphatic heterocycles. The monoisotopic (exact) mass is 341 g/mol. The van der Waals surface area contributed by atoms with Gasteiger partial charge in [-0.2, -0.15) is 0 Å². The van der Waals surface area contributed by atoms with E-state index >= 15 is 0 Å². The minimum Gasteiger partial charge on any atom is -0.490 e. The molecule has 5 heteroatoms. The third kappa shape index (κ3) is 5.22. The molecule has 0 aromatic heterocycles. The van der Waals surface area contributed by atoms with Crippen LogP contribution in [0.25, 0.3) is 0 Å². The summed E-state index contributed by atoms with van der Waals surface area (Å²) in [6.07, 6.45) is 2.17. The lowest BCUT2D eigenvalue weighted by atomic mass is 10.1. The summed E-state index contributed by atoms with van der Waals surface area (Å²) in [5.41, 5.74) is 0.528. The summed E-state index contributed by atoms with van der Waals surface area (Å²) in [6, 6.07) is 16.8. The molecule has 2 aromatic carbocycles. The number of nitrogens with one attached hydrogen (secondary N) is 1. The Labute approximate surface area is 147 Å². The topological polar surface area (TPSA) is 56.8 Å². The van der Waals surface area contributed by atoms with Crippen LogP contribution in [0.4, 0.5) is 0 Å². The van der Waals surface area contributed by atoms with Gasteiger partial charge in [0.05, 0.1) is 11.7 Å². The van der Waals surface area contributed by atoms with Gasteiger partial charge in [-0.25, -0.2) is 0 Å². The Balaban J connectivity index is 1.48. The van der Waals surface area contributed by atoms with Gasteiger partial charge in [0.25, 0.3) is 5.91 Å². The predicted octanol–water partition coefficient (Wildman–Crippen LogP) is 3.05. The molecule has 1 heterocycles. The molecule has 1 fully saturated rings. The minimum absolute atomic E-state index is 0.122. The number of rotatable bonds is 8. The Bertz CT molecular complexity index is 668. The zero-order valence-corrected chi connectivity index (χ0v) is 14.1. The molecule has 2 aromatic rings. The van der Waals surface area contributed by atoms with Gasteiger partial charge in [0, 0.05) is 13.2 Å². The van der Waals surface area contributed by atoms with E-state index in [1.54, 1.807) is 12.1 Å². The third-order valence-corrected chi connectivity index (χ3v) is 4.00. The number of carbonyl (C=O) groups is 1. The second-order valence-corrected chi connectivity index (χ2v) is 5.85.